The lowest BCUT2D eigenvalue weighted by molar-refractivity contribution is -0.140. The van der Waals surface area contributed by atoms with Crippen molar-refractivity contribution in [3.8, 4) is 5.75 Å². The van der Waals surface area contributed by atoms with Crippen LogP contribution in [0, 0.1) is 6.92 Å². The normalized spacial score (nSPS) is 12.7. The summed E-state index contributed by atoms with van der Waals surface area (Å²) in [5, 5.41) is 3.63. The largest absolute Gasteiger partial charge is 0.494 e. The molecule has 2 atom stereocenters. The Balaban J connectivity index is 2.06. The highest BCUT2D eigenvalue weighted by molar-refractivity contribution is 7.92. The smallest absolute Gasteiger partial charge is 0.264 e. The Labute approximate surface area is 265 Å². The predicted molar refractivity (Wildman–Crippen MR) is 172 cm³/mol. The fourth-order valence-electron chi connectivity index (χ4n) is 4.44. The Morgan fingerprint density at radius 1 is 0.907 bits per heavy atom. The summed E-state index contributed by atoms with van der Waals surface area (Å²) in [7, 11) is -4.20. The third-order valence-corrected chi connectivity index (χ3v) is 9.57. The highest BCUT2D eigenvalue weighted by Gasteiger charge is 2.34. The minimum absolute atomic E-state index is 0.00177. The van der Waals surface area contributed by atoms with Crippen molar-refractivity contribution in [1.82, 2.24) is 10.2 Å². The van der Waals surface area contributed by atoms with Gasteiger partial charge >= 0.3 is 0 Å². The zero-order valence-corrected chi connectivity index (χ0v) is 27.5. The van der Waals surface area contributed by atoms with Gasteiger partial charge in [-0.25, -0.2) is 8.42 Å². The van der Waals surface area contributed by atoms with Crippen molar-refractivity contribution in [3.63, 3.8) is 0 Å². The van der Waals surface area contributed by atoms with Crippen molar-refractivity contribution in [3.05, 3.63) is 87.9 Å². The Morgan fingerprint density at radius 2 is 1.56 bits per heavy atom. The van der Waals surface area contributed by atoms with E-state index in [0.717, 1.165) is 9.87 Å². The number of carbonyl (C=O) groups excluding carboxylic acids is 2. The van der Waals surface area contributed by atoms with E-state index in [1.54, 1.807) is 54.6 Å². The summed E-state index contributed by atoms with van der Waals surface area (Å²) in [6, 6.07) is 17.0. The predicted octanol–water partition coefficient (Wildman–Crippen LogP) is 6.62. The molecule has 0 fully saturated rings. The van der Waals surface area contributed by atoms with Gasteiger partial charge in [0.05, 0.1) is 27.2 Å². The van der Waals surface area contributed by atoms with Gasteiger partial charge in [0.2, 0.25) is 11.8 Å². The lowest BCUT2D eigenvalue weighted by atomic mass is 10.1. The second-order valence-electron chi connectivity index (χ2n) is 10.3. The molecule has 0 bridgehead atoms. The molecule has 43 heavy (non-hydrogen) atoms. The maximum Gasteiger partial charge on any atom is 0.264 e. The molecule has 0 unspecified atom stereocenters. The van der Waals surface area contributed by atoms with Gasteiger partial charge in [-0.1, -0.05) is 60.8 Å². The van der Waals surface area contributed by atoms with Crippen molar-refractivity contribution < 1.29 is 22.7 Å². The second kappa shape index (κ2) is 15.5. The van der Waals surface area contributed by atoms with Crippen LogP contribution in [0.4, 0.5) is 5.69 Å². The summed E-state index contributed by atoms with van der Waals surface area (Å²) in [5.41, 5.74) is 1.90. The van der Waals surface area contributed by atoms with Gasteiger partial charge in [-0.3, -0.25) is 13.9 Å². The monoisotopic (exact) mass is 647 g/mol. The molecule has 8 nitrogen and oxygen atoms in total. The molecule has 0 aromatic heterocycles. The lowest BCUT2D eigenvalue weighted by Gasteiger charge is -2.33. The van der Waals surface area contributed by atoms with Crippen LogP contribution in [0.1, 0.15) is 51.7 Å². The topological polar surface area (TPSA) is 96.0 Å². The summed E-state index contributed by atoms with van der Waals surface area (Å²) in [4.78, 5) is 29.0. The van der Waals surface area contributed by atoms with Gasteiger partial charge in [0.25, 0.3) is 10.0 Å². The van der Waals surface area contributed by atoms with Gasteiger partial charge in [0, 0.05) is 12.6 Å². The van der Waals surface area contributed by atoms with Crippen molar-refractivity contribution in [1.29, 1.82) is 0 Å². The summed E-state index contributed by atoms with van der Waals surface area (Å²) < 4.78 is 34.6. The zero-order chi connectivity index (χ0) is 31.7. The summed E-state index contributed by atoms with van der Waals surface area (Å²) in [6.07, 6.45) is 1.02. The van der Waals surface area contributed by atoms with E-state index in [1.807, 2.05) is 34.6 Å². The molecule has 2 amide bonds. The number of carbonyl (C=O) groups is 2. The van der Waals surface area contributed by atoms with Crippen molar-refractivity contribution in [2.75, 3.05) is 17.5 Å². The van der Waals surface area contributed by atoms with Crippen LogP contribution in [0.3, 0.4) is 0 Å². The molecule has 0 aliphatic heterocycles. The van der Waals surface area contributed by atoms with Crippen LogP contribution in [0.5, 0.6) is 5.75 Å². The van der Waals surface area contributed by atoms with Crippen LogP contribution < -0.4 is 14.4 Å². The number of hydrogen-bond donors (Lipinski definition) is 1. The number of amides is 2. The first-order valence-electron chi connectivity index (χ1n) is 14.3. The molecular weight excluding hydrogens is 609 g/mol. The number of benzene rings is 3. The Morgan fingerprint density at radius 3 is 2.12 bits per heavy atom. The van der Waals surface area contributed by atoms with E-state index >= 15 is 0 Å². The van der Waals surface area contributed by atoms with Gasteiger partial charge < -0.3 is 15.0 Å². The maximum absolute atomic E-state index is 14.2. The Bertz CT molecular complexity index is 1500. The molecule has 0 aliphatic carbocycles. The number of aryl methyl sites for hydroxylation is 1. The van der Waals surface area contributed by atoms with Crippen LogP contribution >= 0.6 is 23.2 Å². The average molecular weight is 649 g/mol. The number of hydrogen-bond acceptors (Lipinski definition) is 5. The minimum Gasteiger partial charge on any atom is -0.494 e. The Hall–Kier alpha value is -3.27. The number of nitrogens with zero attached hydrogens (tertiary/aromatic N) is 2. The van der Waals surface area contributed by atoms with Crippen LogP contribution in [-0.4, -0.2) is 50.4 Å². The first-order chi connectivity index (χ1) is 20.4. The van der Waals surface area contributed by atoms with E-state index in [0.29, 0.717) is 46.5 Å². The molecule has 0 heterocycles. The van der Waals surface area contributed by atoms with Crippen LogP contribution in [-0.2, 0) is 26.2 Å². The molecule has 232 valence electrons. The summed E-state index contributed by atoms with van der Waals surface area (Å²) in [6.45, 7) is 9.30. The van der Waals surface area contributed by atoms with Crippen molar-refractivity contribution >= 4 is 50.7 Å². The molecule has 0 saturated heterocycles. The lowest BCUT2D eigenvalue weighted by Crippen LogP contribution is -2.53. The molecule has 1 N–H and O–H groups in total. The molecule has 0 saturated carbocycles. The first kappa shape index (κ1) is 34.2. The number of ether oxygens (including phenoxy) is 1. The highest BCUT2D eigenvalue weighted by Crippen LogP contribution is 2.28. The SMILES string of the molecule is CCOc1ccc(S(=O)(=O)N(CC(=O)N(Cc2ccc(Cl)c(Cl)c2)[C@H](CC)C(=O)N[C@@H](C)CC)c2ccc(C)cc2)cc1. The molecule has 3 aromatic carbocycles. The number of nitrogens with one attached hydrogen (secondary N) is 1. The average Bonchev–Trinajstić information content (AvgIpc) is 2.98. The summed E-state index contributed by atoms with van der Waals surface area (Å²) >= 11 is 12.4. The van der Waals surface area contributed by atoms with Gasteiger partial charge in [-0.05, 0) is 87.7 Å². The third-order valence-electron chi connectivity index (χ3n) is 7.05. The third kappa shape index (κ3) is 8.87. The van der Waals surface area contributed by atoms with Crippen LogP contribution in [0.25, 0.3) is 0 Å². The maximum atomic E-state index is 14.2. The number of rotatable bonds is 14. The first-order valence-corrected chi connectivity index (χ1v) is 16.5. The second-order valence-corrected chi connectivity index (χ2v) is 12.9. The highest BCUT2D eigenvalue weighted by atomic mass is 35.5. The van der Waals surface area contributed by atoms with E-state index in [4.69, 9.17) is 27.9 Å². The van der Waals surface area contributed by atoms with Gasteiger partial charge in [0.1, 0.15) is 18.3 Å². The van der Waals surface area contributed by atoms with Crippen LogP contribution in [0.15, 0.2) is 71.6 Å². The van der Waals surface area contributed by atoms with Gasteiger partial charge in [-0.2, -0.15) is 0 Å². The molecule has 0 spiro atoms. The molecule has 3 rings (SSSR count). The van der Waals surface area contributed by atoms with E-state index in [9.17, 15) is 18.0 Å². The number of halogens is 2. The molecule has 11 heteroatoms. The fourth-order valence-corrected chi connectivity index (χ4v) is 6.17. The van der Waals surface area contributed by atoms with Gasteiger partial charge in [0.15, 0.2) is 0 Å². The Kier molecular flexibility index (Phi) is 12.3. The fraction of sp³-hybridized carbons (Fsp3) is 0.375. The van der Waals surface area contributed by atoms with E-state index in [1.165, 1.54) is 17.0 Å². The summed E-state index contributed by atoms with van der Waals surface area (Å²) in [5.74, 6) is -0.334. The standard InChI is InChI=1S/C32H39Cl2N3O5S/c1-6-23(5)35-32(39)30(7-2)36(20-24-11-18-28(33)29(34)19-24)31(38)21-37(25-12-9-22(4)10-13-25)43(40,41)27-16-14-26(15-17-27)42-8-3/h9-19,23,30H,6-8,20-21H2,1-5H3,(H,35,39)/t23-,30+/m0/s1. The molecule has 0 radical (unpaired) electrons. The molecular formula is C32H39Cl2N3O5S. The number of sulfonamides is 1. The van der Waals surface area contributed by atoms with E-state index in [-0.39, 0.29) is 23.4 Å². The molecule has 0 aliphatic rings. The van der Waals surface area contributed by atoms with E-state index in [2.05, 4.69) is 5.32 Å². The number of anilines is 1. The van der Waals surface area contributed by atoms with Crippen molar-refractivity contribution in [2.24, 2.45) is 0 Å². The van der Waals surface area contributed by atoms with Crippen molar-refractivity contribution in [2.45, 2.75) is 71.0 Å². The minimum atomic E-state index is -4.20. The van der Waals surface area contributed by atoms with Gasteiger partial charge in [-0.15, -0.1) is 0 Å². The zero-order valence-electron chi connectivity index (χ0n) is 25.1. The van der Waals surface area contributed by atoms with E-state index < -0.39 is 28.5 Å². The molecule has 3 aromatic rings. The quantitative estimate of drug-likeness (QED) is 0.212. The van der Waals surface area contributed by atoms with Crippen LogP contribution in [0.2, 0.25) is 10.0 Å².